The van der Waals surface area contributed by atoms with E-state index in [1.165, 1.54) is 65.4 Å². The summed E-state index contributed by atoms with van der Waals surface area (Å²) in [5.41, 5.74) is 6.08. The average Bonchev–Trinajstić information content (AvgIpc) is 3.10. The number of nitrogens with two attached hydrogens (primary N) is 1. The molecule has 0 spiro atoms. The molecule has 0 aliphatic carbocycles. The Labute approximate surface area is 308 Å². The van der Waals surface area contributed by atoms with Gasteiger partial charge in [0, 0.05) is 35.5 Å². The van der Waals surface area contributed by atoms with Crippen LogP contribution < -0.4 is 34.7 Å². The first kappa shape index (κ1) is 40.7. The van der Waals surface area contributed by atoms with Gasteiger partial charge in [-0.25, -0.2) is 14.3 Å². The zero-order valence-electron chi connectivity index (χ0n) is 28.0. The van der Waals surface area contributed by atoms with Gasteiger partial charge in [-0.15, -0.1) is 0 Å². The van der Waals surface area contributed by atoms with Gasteiger partial charge in [-0.05, 0) is 60.7 Å². The van der Waals surface area contributed by atoms with Crippen LogP contribution in [0.25, 0.3) is 0 Å². The van der Waals surface area contributed by atoms with Crippen LogP contribution >= 0.6 is 0 Å². The minimum Gasteiger partial charge on any atom is -0.491 e. The highest BCUT2D eigenvalue weighted by molar-refractivity contribution is 7.85. The number of ether oxygens (including phenoxy) is 5. The molecule has 0 saturated heterocycles. The first-order valence-electron chi connectivity index (χ1n) is 15.6. The van der Waals surface area contributed by atoms with Crippen molar-refractivity contribution in [1.29, 1.82) is 0 Å². The van der Waals surface area contributed by atoms with Crippen LogP contribution in [0.4, 0.5) is 5.69 Å². The number of nitrogen functional groups attached to an aromatic ring is 1. The summed E-state index contributed by atoms with van der Waals surface area (Å²) in [6.07, 6.45) is 0. The number of rotatable bonds is 18. The fourth-order valence-electron chi connectivity index (χ4n) is 4.33. The Morgan fingerprint density at radius 2 is 1.07 bits per heavy atom. The summed E-state index contributed by atoms with van der Waals surface area (Å²) < 4.78 is 91.3. The van der Waals surface area contributed by atoms with Gasteiger partial charge in [0.25, 0.3) is 21.9 Å². The van der Waals surface area contributed by atoms with Crippen molar-refractivity contribution in [1.82, 2.24) is 10.0 Å². The lowest BCUT2D eigenvalue weighted by atomic mass is 10.1. The van der Waals surface area contributed by atoms with Crippen LogP contribution in [0.15, 0.2) is 91.0 Å². The number of esters is 2. The van der Waals surface area contributed by atoms with Crippen molar-refractivity contribution in [3.8, 4) is 23.0 Å². The molecular formula is C34H33N3O15S2. The molecule has 18 nitrogen and oxygen atoms in total. The highest BCUT2D eigenvalue weighted by atomic mass is 32.2. The summed E-state index contributed by atoms with van der Waals surface area (Å²) in [6.45, 7) is -0.651. The number of carbonyl (C=O) groups excluding carboxylic acids is 4. The van der Waals surface area contributed by atoms with Gasteiger partial charge in [-0.2, -0.15) is 16.8 Å². The number of nitrogens with one attached hydrogen (secondary N) is 2. The van der Waals surface area contributed by atoms with Crippen LogP contribution in [0.5, 0.6) is 23.0 Å². The van der Waals surface area contributed by atoms with Crippen molar-refractivity contribution < 1.29 is 68.8 Å². The predicted octanol–water partition coefficient (Wildman–Crippen LogP) is 2.33. The van der Waals surface area contributed by atoms with Crippen molar-refractivity contribution in [2.24, 2.45) is 0 Å². The fourth-order valence-corrected chi connectivity index (χ4v) is 5.04. The standard InChI is InChI=1S/C34H33N3O15S2/c35-26-8-6-23(7-9-26)34(41)52-29-18-24(31(38)36-10-15-53(42,43)44)16-27(20-29)49-13-11-48-12-14-50-28-17-25(32(39)37-54(45,46)47)19-30(21-28)51-33(40)22-4-2-1-3-5-22/h1-9,16-21H,10-15,35H2,(H,36,38)(H,37,39)(H,42,43,44)(H,45,46,47). The third kappa shape index (κ3) is 13.8. The topological polar surface area (TPSA) is 273 Å². The van der Waals surface area contributed by atoms with E-state index in [1.807, 2.05) is 0 Å². The van der Waals surface area contributed by atoms with Gasteiger partial charge in [0.2, 0.25) is 0 Å². The molecule has 286 valence electrons. The van der Waals surface area contributed by atoms with Crippen LogP contribution in [0.1, 0.15) is 41.4 Å². The van der Waals surface area contributed by atoms with Crippen molar-refractivity contribution in [2.45, 2.75) is 0 Å². The molecule has 0 bridgehead atoms. The summed E-state index contributed by atoms with van der Waals surface area (Å²) >= 11 is 0. The van der Waals surface area contributed by atoms with Crippen LogP contribution in [-0.2, 0) is 25.2 Å². The van der Waals surface area contributed by atoms with Gasteiger partial charge >= 0.3 is 22.2 Å². The van der Waals surface area contributed by atoms with E-state index in [-0.39, 0.29) is 71.7 Å². The minimum absolute atomic E-state index is 0.0126. The Bertz CT molecular complexity index is 2200. The molecule has 4 aromatic carbocycles. The van der Waals surface area contributed by atoms with Gasteiger partial charge < -0.3 is 34.7 Å². The maximum atomic E-state index is 12.7. The molecule has 0 aliphatic rings. The molecule has 20 heteroatoms. The Kier molecular flexibility index (Phi) is 14.0. The lowest BCUT2D eigenvalue weighted by Crippen LogP contribution is -2.29. The molecule has 4 aromatic rings. The van der Waals surface area contributed by atoms with Crippen molar-refractivity contribution in [3.63, 3.8) is 0 Å². The van der Waals surface area contributed by atoms with Gasteiger partial charge in [-0.1, -0.05) is 18.2 Å². The molecular weight excluding hydrogens is 755 g/mol. The zero-order chi connectivity index (χ0) is 39.3. The first-order chi connectivity index (χ1) is 25.5. The Morgan fingerprint density at radius 1 is 0.593 bits per heavy atom. The molecule has 0 fully saturated rings. The largest absolute Gasteiger partial charge is 0.491 e. The molecule has 0 radical (unpaired) electrons. The van der Waals surface area contributed by atoms with Gasteiger partial charge in [0.1, 0.15) is 36.2 Å². The summed E-state index contributed by atoms with van der Waals surface area (Å²) in [7, 11) is -9.24. The van der Waals surface area contributed by atoms with E-state index in [0.717, 1.165) is 12.1 Å². The molecule has 4 rings (SSSR count). The second-order valence-corrected chi connectivity index (χ2v) is 13.6. The molecule has 0 heterocycles. The molecule has 2 amide bonds. The summed E-state index contributed by atoms with van der Waals surface area (Å²) in [5.74, 6) is -4.42. The second kappa shape index (κ2) is 18.6. The first-order valence-corrected chi connectivity index (χ1v) is 18.6. The number of hydrogen-bond donors (Lipinski definition) is 5. The molecule has 6 N–H and O–H groups in total. The van der Waals surface area contributed by atoms with E-state index < -0.39 is 56.5 Å². The van der Waals surface area contributed by atoms with E-state index >= 15 is 0 Å². The second-order valence-electron chi connectivity index (χ2n) is 10.9. The van der Waals surface area contributed by atoms with E-state index in [0.29, 0.717) is 5.69 Å². The number of carbonyl (C=O) groups is 4. The monoisotopic (exact) mass is 787 g/mol. The third-order valence-electron chi connectivity index (χ3n) is 6.72. The molecule has 0 aliphatic heterocycles. The summed E-state index contributed by atoms with van der Waals surface area (Å²) in [5, 5.41) is 2.33. The average molecular weight is 788 g/mol. The number of anilines is 1. The van der Waals surface area contributed by atoms with Gasteiger partial charge in [-0.3, -0.25) is 18.7 Å². The maximum Gasteiger partial charge on any atom is 0.359 e. The minimum atomic E-state index is -4.90. The highest BCUT2D eigenvalue weighted by Crippen LogP contribution is 2.26. The number of amides is 2. The number of hydrogen-bond acceptors (Lipinski definition) is 14. The fraction of sp³-hybridized carbons (Fsp3) is 0.176. The summed E-state index contributed by atoms with van der Waals surface area (Å²) in [6, 6.07) is 21.2. The molecule has 0 unspecified atom stereocenters. The zero-order valence-corrected chi connectivity index (χ0v) is 29.6. The number of benzene rings is 4. The van der Waals surface area contributed by atoms with Crippen molar-refractivity contribution >= 4 is 49.9 Å². The van der Waals surface area contributed by atoms with Gasteiger partial charge in [0.05, 0.1) is 30.1 Å². The smallest absolute Gasteiger partial charge is 0.359 e. The van der Waals surface area contributed by atoms with Crippen LogP contribution in [0.3, 0.4) is 0 Å². The van der Waals surface area contributed by atoms with Gasteiger partial charge in [0.15, 0.2) is 0 Å². The molecule has 54 heavy (non-hydrogen) atoms. The SMILES string of the molecule is Nc1ccc(C(=O)Oc2cc(OCCOCCOc3cc(OC(=O)c4ccccc4)cc(C(=O)NS(=O)(=O)O)c3)cc(C(=O)NCCS(=O)(=O)O)c2)cc1. The Balaban J connectivity index is 1.36. The Morgan fingerprint density at radius 3 is 1.57 bits per heavy atom. The lowest BCUT2D eigenvalue weighted by Gasteiger charge is -2.13. The third-order valence-corrected chi connectivity index (χ3v) is 7.88. The summed E-state index contributed by atoms with van der Waals surface area (Å²) in [4.78, 5) is 50.4. The Hall–Kier alpha value is -6.06. The van der Waals surface area contributed by atoms with Crippen LogP contribution in [0.2, 0.25) is 0 Å². The van der Waals surface area contributed by atoms with E-state index in [4.69, 9.17) is 38.5 Å². The van der Waals surface area contributed by atoms with E-state index in [1.54, 1.807) is 18.2 Å². The van der Waals surface area contributed by atoms with Crippen molar-refractivity contribution in [3.05, 3.63) is 113 Å². The maximum absolute atomic E-state index is 12.7. The highest BCUT2D eigenvalue weighted by Gasteiger charge is 2.18. The molecule has 0 aromatic heterocycles. The quantitative estimate of drug-likeness (QED) is 0.0318. The lowest BCUT2D eigenvalue weighted by molar-refractivity contribution is 0.0724. The normalized spacial score (nSPS) is 11.2. The van der Waals surface area contributed by atoms with Crippen LogP contribution in [0, 0.1) is 0 Å². The molecule has 0 atom stereocenters. The molecule has 0 saturated carbocycles. The van der Waals surface area contributed by atoms with Crippen molar-refractivity contribution in [2.75, 3.05) is 44.5 Å². The predicted molar refractivity (Wildman–Crippen MR) is 190 cm³/mol. The van der Waals surface area contributed by atoms with E-state index in [9.17, 15) is 36.0 Å². The van der Waals surface area contributed by atoms with Crippen LogP contribution in [-0.4, -0.2) is 88.4 Å². The van der Waals surface area contributed by atoms with E-state index in [2.05, 4.69) is 5.32 Å².